The van der Waals surface area contributed by atoms with Crippen molar-refractivity contribution >= 4 is 23.6 Å². The summed E-state index contributed by atoms with van der Waals surface area (Å²) in [6.45, 7) is 5.22. The van der Waals surface area contributed by atoms with Crippen LogP contribution in [0.1, 0.15) is 20.3 Å². The van der Waals surface area contributed by atoms with Crippen LogP contribution in [0.5, 0.6) is 0 Å². The molecule has 98 valence electrons. The molecule has 5 nitrogen and oxygen atoms in total. The summed E-state index contributed by atoms with van der Waals surface area (Å²) in [7, 11) is 0. The van der Waals surface area contributed by atoms with Gasteiger partial charge in [-0.05, 0) is 6.42 Å². The largest absolute Gasteiger partial charge is 0.480 e. The van der Waals surface area contributed by atoms with Crippen LogP contribution < -0.4 is 0 Å². The van der Waals surface area contributed by atoms with Gasteiger partial charge in [0.1, 0.15) is 13.2 Å². The number of carbonyl (C=O) groups is 2. The van der Waals surface area contributed by atoms with Gasteiger partial charge in [0.05, 0.1) is 0 Å². The minimum Gasteiger partial charge on any atom is -0.480 e. The zero-order chi connectivity index (χ0) is 12.9. The van der Waals surface area contributed by atoms with E-state index < -0.39 is 12.6 Å². The lowest BCUT2D eigenvalue weighted by atomic mass is 10.1. The van der Waals surface area contributed by atoms with Crippen molar-refractivity contribution in [3.05, 3.63) is 0 Å². The van der Waals surface area contributed by atoms with Crippen LogP contribution in [0.25, 0.3) is 0 Å². The summed E-state index contributed by atoms with van der Waals surface area (Å²) in [5, 5.41) is 8.40. The van der Waals surface area contributed by atoms with Crippen molar-refractivity contribution in [3.63, 3.8) is 0 Å². The van der Waals surface area contributed by atoms with Crippen molar-refractivity contribution in [2.45, 2.75) is 25.0 Å². The number of rotatable bonds is 4. The van der Waals surface area contributed by atoms with Crippen molar-refractivity contribution in [2.75, 3.05) is 32.1 Å². The number of carboxylic acid groups (broad SMARTS) is 1. The topological polar surface area (TPSA) is 66.8 Å². The lowest BCUT2D eigenvalue weighted by molar-refractivity contribution is -0.145. The van der Waals surface area contributed by atoms with Gasteiger partial charge < -0.3 is 14.7 Å². The molecule has 1 saturated heterocycles. The Morgan fingerprint density at radius 1 is 1.35 bits per heavy atom. The lowest BCUT2D eigenvalue weighted by Gasteiger charge is -2.22. The van der Waals surface area contributed by atoms with Gasteiger partial charge in [-0.1, -0.05) is 13.8 Å². The van der Waals surface area contributed by atoms with Gasteiger partial charge >= 0.3 is 5.97 Å². The average Bonchev–Trinajstić information content (AvgIpc) is 2.38. The lowest BCUT2D eigenvalue weighted by Crippen LogP contribution is -2.36. The summed E-state index contributed by atoms with van der Waals surface area (Å²) in [4.78, 5) is 23.7. The summed E-state index contributed by atoms with van der Waals surface area (Å²) in [6.07, 6.45) is 0.947. The SMILES string of the molecule is CC1(C)CCN(C(=O)COCC(=O)O)CCS1. The average molecular weight is 261 g/mol. The van der Waals surface area contributed by atoms with Crippen LogP contribution in [0, 0.1) is 0 Å². The molecule has 6 heteroatoms. The van der Waals surface area contributed by atoms with E-state index in [9.17, 15) is 9.59 Å². The normalized spacial score (nSPS) is 19.8. The molecule has 0 spiro atoms. The fourth-order valence-electron chi connectivity index (χ4n) is 1.59. The number of aliphatic carboxylic acids is 1. The molecule has 0 radical (unpaired) electrons. The molecule has 1 aliphatic rings. The number of hydrogen-bond donors (Lipinski definition) is 1. The molecule has 1 fully saturated rings. The van der Waals surface area contributed by atoms with E-state index in [1.807, 2.05) is 11.8 Å². The number of nitrogens with zero attached hydrogens (tertiary/aromatic N) is 1. The van der Waals surface area contributed by atoms with Gasteiger partial charge in [-0.2, -0.15) is 11.8 Å². The van der Waals surface area contributed by atoms with Crippen LogP contribution in [0.2, 0.25) is 0 Å². The summed E-state index contributed by atoms with van der Waals surface area (Å²) in [5.74, 6) is -0.257. The number of ether oxygens (including phenoxy) is 1. The van der Waals surface area contributed by atoms with E-state index in [0.717, 1.165) is 18.7 Å². The Labute approximate surface area is 105 Å². The molecule has 1 rings (SSSR count). The number of amides is 1. The van der Waals surface area contributed by atoms with E-state index in [4.69, 9.17) is 9.84 Å². The van der Waals surface area contributed by atoms with Crippen molar-refractivity contribution in [1.82, 2.24) is 4.90 Å². The van der Waals surface area contributed by atoms with Gasteiger partial charge in [0.2, 0.25) is 5.91 Å². The fraction of sp³-hybridized carbons (Fsp3) is 0.818. The third-order valence-corrected chi connectivity index (χ3v) is 4.01. The molecule has 0 atom stereocenters. The molecule has 1 aliphatic heterocycles. The highest BCUT2D eigenvalue weighted by Gasteiger charge is 2.25. The van der Waals surface area contributed by atoms with Gasteiger partial charge in [-0.15, -0.1) is 0 Å². The number of carboxylic acids is 1. The predicted molar refractivity (Wildman–Crippen MR) is 66.2 cm³/mol. The Morgan fingerprint density at radius 3 is 2.71 bits per heavy atom. The van der Waals surface area contributed by atoms with E-state index in [-0.39, 0.29) is 17.3 Å². The first kappa shape index (κ1) is 14.3. The number of carbonyl (C=O) groups excluding carboxylic acids is 1. The zero-order valence-electron chi connectivity index (χ0n) is 10.3. The molecule has 0 saturated carbocycles. The molecular formula is C11H19NO4S. The molecule has 1 N–H and O–H groups in total. The van der Waals surface area contributed by atoms with E-state index in [1.165, 1.54) is 0 Å². The highest BCUT2D eigenvalue weighted by atomic mass is 32.2. The monoisotopic (exact) mass is 261 g/mol. The molecule has 17 heavy (non-hydrogen) atoms. The van der Waals surface area contributed by atoms with Gasteiger partial charge in [-0.25, -0.2) is 4.79 Å². The predicted octanol–water partition coefficient (Wildman–Crippen LogP) is 0.832. The fourth-order valence-corrected chi connectivity index (χ4v) is 2.69. The molecule has 0 aromatic carbocycles. The second-order valence-electron chi connectivity index (χ2n) is 4.63. The summed E-state index contributed by atoms with van der Waals surface area (Å²) >= 11 is 1.86. The second-order valence-corrected chi connectivity index (χ2v) is 6.43. The highest BCUT2D eigenvalue weighted by Crippen LogP contribution is 2.30. The van der Waals surface area contributed by atoms with E-state index in [0.29, 0.717) is 6.54 Å². The Bertz CT molecular complexity index is 293. The van der Waals surface area contributed by atoms with Crippen molar-refractivity contribution in [2.24, 2.45) is 0 Å². The van der Waals surface area contributed by atoms with E-state index >= 15 is 0 Å². The first-order chi connectivity index (χ1) is 7.91. The molecule has 0 aromatic heterocycles. The van der Waals surface area contributed by atoms with Crippen LogP contribution in [0.3, 0.4) is 0 Å². The standard InChI is InChI=1S/C11H19NO4S/c1-11(2)3-4-12(5-6-17-11)9(13)7-16-8-10(14)15/h3-8H2,1-2H3,(H,14,15). The number of hydrogen-bond acceptors (Lipinski definition) is 4. The maximum atomic E-state index is 11.7. The molecule has 0 aliphatic carbocycles. The Balaban J connectivity index is 2.34. The summed E-state index contributed by atoms with van der Waals surface area (Å²) < 4.78 is 5.01. The van der Waals surface area contributed by atoms with Crippen molar-refractivity contribution < 1.29 is 19.4 Å². The first-order valence-electron chi connectivity index (χ1n) is 5.62. The van der Waals surface area contributed by atoms with Crippen molar-refractivity contribution in [3.8, 4) is 0 Å². The third kappa shape index (κ3) is 5.41. The minimum absolute atomic E-state index is 0.121. The molecule has 0 bridgehead atoms. The van der Waals surface area contributed by atoms with E-state index in [2.05, 4.69) is 13.8 Å². The minimum atomic E-state index is -1.05. The third-order valence-electron chi connectivity index (χ3n) is 2.64. The maximum Gasteiger partial charge on any atom is 0.329 e. The molecule has 0 aromatic rings. The molecular weight excluding hydrogens is 242 g/mol. The van der Waals surface area contributed by atoms with Gasteiger partial charge in [-0.3, -0.25) is 4.79 Å². The van der Waals surface area contributed by atoms with Crippen LogP contribution in [0.15, 0.2) is 0 Å². The molecule has 1 amide bonds. The van der Waals surface area contributed by atoms with Crippen LogP contribution in [0.4, 0.5) is 0 Å². The first-order valence-corrected chi connectivity index (χ1v) is 6.60. The Kier molecular flexibility index (Phi) is 5.27. The zero-order valence-corrected chi connectivity index (χ0v) is 11.1. The second kappa shape index (κ2) is 6.26. The van der Waals surface area contributed by atoms with Gasteiger partial charge in [0, 0.05) is 23.6 Å². The Morgan fingerprint density at radius 2 is 2.06 bits per heavy atom. The summed E-state index contributed by atoms with van der Waals surface area (Å²) in [6, 6.07) is 0. The van der Waals surface area contributed by atoms with E-state index in [1.54, 1.807) is 4.90 Å². The smallest absolute Gasteiger partial charge is 0.329 e. The van der Waals surface area contributed by atoms with Crippen LogP contribution in [-0.2, 0) is 14.3 Å². The summed E-state index contributed by atoms with van der Waals surface area (Å²) in [5.41, 5.74) is 0. The number of thioether (sulfide) groups is 1. The van der Waals surface area contributed by atoms with Crippen molar-refractivity contribution in [1.29, 1.82) is 0 Å². The quantitative estimate of drug-likeness (QED) is 0.812. The Hall–Kier alpha value is -0.750. The maximum absolute atomic E-state index is 11.7. The van der Waals surface area contributed by atoms with Gasteiger partial charge in [0.15, 0.2) is 0 Å². The van der Waals surface area contributed by atoms with Gasteiger partial charge in [0.25, 0.3) is 0 Å². The highest BCUT2D eigenvalue weighted by molar-refractivity contribution is 8.00. The molecule has 0 unspecified atom stereocenters. The van der Waals surface area contributed by atoms with Crippen LogP contribution in [-0.4, -0.2) is 58.7 Å². The molecule has 1 heterocycles. The van der Waals surface area contributed by atoms with Crippen LogP contribution >= 0.6 is 11.8 Å².